The van der Waals surface area contributed by atoms with E-state index in [9.17, 15) is 14.4 Å². The van der Waals surface area contributed by atoms with E-state index in [4.69, 9.17) is 5.11 Å². The summed E-state index contributed by atoms with van der Waals surface area (Å²) in [5.74, 6) is -1.34. The van der Waals surface area contributed by atoms with E-state index in [-0.39, 0.29) is 30.3 Å². The van der Waals surface area contributed by atoms with Gasteiger partial charge in [-0.3, -0.25) is 19.0 Å². The van der Waals surface area contributed by atoms with Gasteiger partial charge in [-0.05, 0) is 11.4 Å². The molecule has 1 amide bonds. The summed E-state index contributed by atoms with van der Waals surface area (Å²) in [4.78, 5) is 38.9. The average Bonchev–Trinajstić information content (AvgIpc) is 2.87. The molecular weight excluding hydrogens is 314 g/mol. The summed E-state index contributed by atoms with van der Waals surface area (Å²) in [5.41, 5.74) is -0.223. The third-order valence-electron chi connectivity index (χ3n) is 2.58. The summed E-state index contributed by atoms with van der Waals surface area (Å²) < 4.78 is 1.40. The van der Waals surface area contributed by atoms with Crippen LogP contribution < -0.4 is 10.9 Å². The molecule has 0 bridgehead atoms. The molecule has 0 aliphatic rings. The number of nitrogens with zero attached hydrogens (tertiary/aromatic N) is 2. The molecule has 2 aromatic rings. The molecule has 112 valence electrons. The molecule has 7 nitrogen and oxygen atoms in total. The number of aromatic nitrogens is 2. The standard InChI is InChI=1S/C12H13N3O4S2/c1-7(16)13-3-4-15-11(19)8-2-5-20-10(8)14-12(15)21-6-9(17)18/h2,5H,3-4,6H2,1H3,(H,13,16)(H,17,18). The Kier molecular flexibility index (Phi) is 4.97. The number of thioether (sulfide) groups is 1. The molecular formula is C12H13N3O4S2. The van der Waals surface area contributed by atoms with E-state index >= 15 is 0 Å². The van der Waals surface area contributed by atoms with Crippen LogP contribution in [0.15, 0.2) is 21.4 Å². The molecule has 0 aromatic carbocycles. The maximum absolute atomic E-state index is 12.4. The highest BCUT2D eigenvalue weighted by Crippen LogP contribution is 2.20. The van der Waals surface area contributed by atoms with Gasteiger partial charge in [0.2, 0.25) is 5.91 Å². The Morgan fingerprint density at radius 2 is 2.29 bits per heavy atom. The Morgan fingerprint density at radius 3 is 2.95 bits per heavy atom. The summed E-state index contributed by atoms with van der Waals surface area (Å²) in [6.45, 7) is 1.93. The molecule has 0 fully saturated rings. The van der Waals surface area contributed by atoms with Crippen LogP contribution in [0.5, 0.6) is 0 Å². The molecule has 0 atom stereocenters. The van der Waals surface area contributed by atoms with Gasteiger partial charge in [0.05, 0.1) is 11.1 Å². The number of aliphatic carboxylic acids is 1. The van der Waals surface area contributed by atoms with Gasteiger partial charge in [-0.2, -0.15) is 0 Å². The van der Waals surface area contributed by atoms with E-state index in [0.29, 0.717) is 15.4 Å². The van der Waals surface area contributed by atoms with Crippen LogP contribution in [0.3, 0.4) is 0 Å². The van der Waals surface area contributed by atoms with Gasteiger partial charge in [-0.1, -0.05) is 11.8 Å². The molecule has 21 heavy (non-hydrogen) atoms. The first-order chi connectivity index (χ1) is 9.99. The zero-order valence-corrected chi connectivity index (χ0v) is 12.8. The third kappa shape index (κ3) is 3.82. The predicted molar refractivity (Wildman–Crippen MR) is 80.9 cm³/mol. The molecule has 2 heterocycles. The third-order valence-corrected chi connectivity index (χ3v) is 4.35. The van der Waals surface area contributed by atoms with Gasteiger partial charge in [-0.15, -0.1) is 11.3 Å². The number of fused-ring (bicyclic) bond motifs is 1. The highest BCUT2D eigenvalue weighted by Gasteiger charge is 2.13. The van der Waals surface area contributed by atoms with Crippen LogP contribution in [0.4, 0.5) is 0 Å². The average molecular weight is 327 g/mol. The molecule has 0 saturated heterocycles. The fraction of sp³-hybridized carbons (Fsp3) is 0.333. The number of hydrogen-bond acceptors (Lipinski definition) is 6. The van der Waals surface area contributed by atoms with Crippen molar-refractivity contribution in [2.24, 2.45) is 0 Å². The van der Waals surface area contributed by atoms with Gasteiger partial charge in [0.15, 0.2) is 5.16 Å². The van der Waals surface area contributed by atoms with Crippen molar-refractivity contribution in [3.63, 3.8) is 0 Å². The highest BCUT2D eigenvalue weighted by atomic mass is 32.2. The quantitative estimate of drug-likeness (QED) is 0.600. The summed E-state index contributed by atoms with van der Waals surface area (Å²) >= 11 is 2.33. The summed E-state index contributed by atoms with van der Waals surface area (Å²) in [6.07, 6.45) is 0. The van der Waals surface area contributed by atoms with Gasteiger partial charge in [0.25, 0.3) is 5.56 Å². The number of carbonyl (C=O) groups excluding carboxylic acids is 1. The van der Waals surface area contributed by atoms with Crippen molar-refractivity contribution in [1.29, 1.82) is 0 Å². The first kappa shape index (κ1) is 15.5. The van der Waals surface area contributed by atoms with Gasteiger partial charge < -0.3 is 10.4 Å². The van der Waals surface area contributed by atoms with Gasteiger partial charge in [0.1, 0.15) is 4.83 Å². The first-order valence-electron chi connectivity index (χ1n) is 6.06. The fourth-order valence-corrected chi connectivity index (χ4v) is 3.26. The molecule has 0 aliphatic heterocycles. The Bertz CT molecular complexity index is 738. The second-order valence-corrected chi connectivity index (χ2v) is 5.99. The van der Waals surface area contributed by atoms with E-state index in [1.54, 1.807) is 11.4 Å². The molecule has 2 aromatic heterocycles. The number of carboxylic acids is 1. The predicted octanol–water partition coefficient (Wildman–Crippen LogP) is 0.771. The van der Waals surface area contributed by atoms with Crippen molar-refractivity contribution in [1.82, 2.24) is 14.9 Å². The van der Waals surface area contributed by atoms with Crippen LogP contribution in [0.1, 0.15) is 6.92 Å². The van der Waals surface area contributed by atoms with E-state index in [1.165, 1.54) is 22.8 Å². The van der Waals surface area contributed by atoms with Crippen molar-refractivity contribution in [3.8, 4) is 0 Å². The monoisotopic (exact) mass is 327 g/mol. The molecule has 0 spiro atoms. The lowest BCUT2D eigenvalue weighted by molar-refractivity contribution is -0.133. The minimum atomic E-state index is -0.978. The number of nitrogens with one attached hydrogen (secondary N) is 1. The molecule has 0 saturated carbocycles. The van der Waals surface area contributed by atoms with Gasteiger partial charge in [-0.25, -0.2) is 4.98 Å². The Labute approximate surface area is 128 Å². The second-order valence-electron chi connectivity index (χ2n) is 4.16. The van der Waals surface area contributed by atoms with E-state index in [1.807, 2.05) is 0 Å². The largest absolute Gasteiger partial charge is 0.481 e. The molecule has 0 unspecified atom stereocenters. The Balaban J connectivity index is 2.34. The van der Waals surface area contributed by atoms with Crippen LogP contribution in [0.25, 0.3) is 10.2 Å². The highest BCUT2D eigenvalue weighted by molar-refractivity contribution is 7.99. The van der Waals surface area contributed by atoms with E-state index in [0.717, 1.165) is 11.8 Å². The molecule has 0 aliphatic carbocycles. The molecule has 0 radical (unpaired) electrons. The normalized spacial score (nSPS) is 10.7. The second kappa shape index (κ2) is 6.72. The van der Waals surface area contributed by atoms with Gasteiger partial charge in [0, 0.05) is 20.0 Å². The van der Waals surface area contributed by atoms with Crippen molar-refractivity contribution in [3.05, 3.63) is 21.8 Å². The van der Waals surface area contributed by atoms with Crippen molar-refractivity contribution < 1.29 is 14.7 Å². The van der Waals surface area contributed by atoms with Crippen LogP contribution in [-0.4, -0.2) is 38.8 Å². The van der Waals surface area contributed by atoms with Crippen LogP contribution >= 0.6 is 23.1 Å². The van der Waals surface area contributed by atoms with E-state index < -0.39 is 5.97 Å². The summed E-state index contributed by atoms with van der Waals surface area (Å²) in [5, 5.41) is 14.0. The van der Waals surface area contributed by atoms with Crippen molar-refractivity contribution in [2.45, 2.75) is 18.6 Å². The maximum atomic E-state index is 12.4. The number of carbonyl (C=O) groups is 2. The lowest BCUT2D eigenvalue weighted by atomic mass is 10.4. The molecule has 9 heteroatoms. The molecule has 2 N–H and O–H groups in total. The lowest BCUT2D eigenvalue weighted by Crippen LogP contribution is -2.30. The zero-order chi connectivity index (χ0) is 15.4. The first-order valence-corrected chi connectivity index (χ1v) is 7.92. The maximum Gasteiger partial charge on any atom is 0.313 e. The summed E-state index contributed by atoms with van der Waals surface area (Å²) in [6, 6.07) is 1.69. The molecule has 2 rings (SSSR count). The van der Waals surface area contributed by atoms with E-state index in [2.05, 4.69) is 10.3 Å². The number of rotatable bonds is 6. The number of thiophene rings is 1. The van der Waals surface area contributed by atoms with Crippen molar-refractivity contribution in [2.75, 3.05) is 12.3 Å². The van der Waals surface area contributed by atoms with Gasteiger partial charge >= 0.3 is 5.97 Å². The number of hydrogen-bond donors (Lipinski definition) is 2. The minimum Gasteiger partial charge on any atom is -0.481 e. The summed E-state index contributed by atoms with van der Waals surface area (Å²) in [7, 11) is 0. The Hall–Kier alpha value is -1.87. The van der Waals surface area contributed by atoms with Crippen LogP contribution in [-0.2, 0) is 16.1 Å². The topological polar surface area (TPSA) is 101 Å². The van der Waals surface area contributed by atoms with Crippen molar-refractivity contribution >= 4 is 45.2 Å². The zero-order valence-electron chi connectivity index (χ0n) is 11.2. The van der Waals surface area contributed by atoms with Crippen LogP contribution in [0, 0.1) is 0 Å². The fourth-order valence-electron chi connectivity index (χ4n) is 1.71. The smallest absolute Gasteiger partial charge is 0.313 e. The Morgan fingerprint density at radius 1 is 1.52 bits per heavy atom. The van der Waals surface area contributed by atoms with Crippen LogP contribution in [0.2, 0.25) is 0 Å². The minimum absolute atomic E-state index is 0.177. The lowest BCUT2D eigenvalue weighted by Gasteiger charge is -2.11. The number of amides is 1. The SMILES string of the molecule is CC(=O)NCCn1c(SCC(=O)O)nc2sccc2c1=O. The number of carboxylic acid groups (broad SMARTS) is 1.